The highest BCUT2D eigenvalue weighted by Crippen LogP contribution is 2.33. The van der Waals surface area contributed by atoms with Crippen LogP contribution in [0.1, 0.15) is 12.0 Å². The van der Waals surface area contributed by atoms with Crippen molar-refractivity contribution in [1.82, 2.24) is 0 Å². The Morgan fingerprint density at radius 3 is 2.23 bits per heavy atom. The number of para-hydroxylation sites is 1. The summed E-state index contributed by atoms with van der Waals surface area (Å²) in [5, 5.41) is 4.17. The highest BCUT2D eigenvalue weighted by atomic mass is 35.5. The number of hydrogen-bond donors (Lipinski definition) is 1. The largest absolute Gasteiger partial charge is 0.325 e. The lowest BCUT2D eigenvalue weighted by Gasteiger charge is -2.11. The monoisotopic (exact) mass is 401 g/mol. The van der Waals surface area contributed by atoms with Gasteiger partial charge in [-0.3, -0.25) is 4.79 Å². The SMILES string of the molecule is O=C(CCc1c(Cl)cccc1Cl)Nc1ccccc1Sc1ccccc1. The Labute approximate surface area is 167 Å². The summed E-state index contributed by atoms with van der Waals surface area (Å²) in [6.45, 7) is 0. The Hall–Kier alpha value is -1.94. The molecule has 0 saturated carbocycles. The molecule has 26 heavy (non-hydrogen) atoms. The molecule has 0 aromatic heterocycles. The first-order valence-corrected chi connectivity index (χ1v) is 9.75. The maximum Gasteiger partial charge on any atom is 0.224 e. The van der Waals surface area contributed by atoms with E-state index in [2.05, 4.69) is 5.32 Å². The number of amides is 1. The van der Waals surface area contributed by atoms with Gasteiger partial charge in [-0.15, -0.1) is 0 Å². The lowest BCUT2D eigenvalue weighted by Crippen LogP contribution is -2.13. The molecule has 0 aliphatic rings. The standard InChI is InChI=1S/C21H17Cl2NOS/c22-17-9-6-10-18(23)16(17)13-14-21(25)24-19-11-4-5-12-20(19)26-15-7-2-1-3-8-15/h1-12H,13-14H2,(H,24,25). The number of carbonyl (C=O) groups is 1. The fourth-order valence-corrected chi connectivity index (χ4v) is 4.01. The normalized spacial score (nSPS) is 10.5. The molecule has 0 aliphatic carbocycles. The summed E-state index contributed by atoms with van der Waals surface area (Å²) in [5.74, 6) is -0.0675. The predicted octanol–water partition coefficient (Wildman–Crippen LogP) is 6.72. The zero-order valence-corrected chi connectivity index (χ0v) is 16.2. The Morgan fingerprint density at radius 2 is 1.50 bits per heavy atom. The molecule has 0 atom stereocenters. The van der Waals surface area contributed by atoms with Crippen LogP contribution in [-0.2, 0) is 11.2 Å². The first-order valence-electron chi connectivity index (χ1n) is 8.18. The van der Waals surface area contributed by atoms with E-state index in [4.69, 9.17) is 23.2 Å². The van der Waals surface area contributed by atoms with Gasteiger partial charge in [0.25, 0.3) is 0 Å². The van der Waals surface area contributed by atoms with E-state index in [1.165, 1.54) is 0 Å². The van der Waals surface area contributed by atoms with Crippen LogP contribution in [0.2, 0.25) is 10.0 Å². The fourth-order valence-electron chi connectivity index (χ4n) is 2.50. The second-order valence-corrected chi connectivity index (χ2v) is 7.59. The summed E-state index contributed by atoms with van der Waals surface area (Å²) in [5.41, 5.74) is 1.61. The van der Waals surface area contributed by atoms with E-state index < -0.39 is 0 Å². The Bertz CT molecular complexity index is 879. The number of nitrogens with one attached hydrogen (secondary N) is 1. The molecule has 0 bridgehead atoms. The van der Waals surface area contributed by atoms with E-state index in [0.717, 1.165) is 21.0 Å². The molecule has 0 fully saturated rings. The van der Waals surface area contributed by atoms with Crippen molar-refractivity contribution < 1.29 is 4.79 Å². The molecule has 1 N–H and O–H groups in total. The summed E-state index contributed by atoms with van der Waals surface area (Å²) < 4.78 is 0. The van der Waals surface area contributed by atoms with Crippen LogP contribution in [0, 0.1) is 0 Å². The molecule has 0 saturated heterocycles. The molecule has 2 nitrogen and oxygen atoms in total. The quantitative estimate of drug-likeness (QED) is 0.496. The van der Waals surface area contributed by atoms with E-state index in [-0.39, 0.29) is 5.91 Å². The molecule has 1 amide bonds. The maximum absolute atomic E-state index is 12.4. The van der Waals surface area contributed by atoms with Gasteiger partial charge in [0.1, 0.15) is 0 Å². The third-order valence-electron chi connectivity index (χ3n) is 3.80. The minimum absolute atomic E-state index is 0.0675. The number of halogens is 2. The second kappa shape index (κ2) is 9.13. The van der Waals surface area contributed by atoms with Gasteiger partial charge in [-0.1, -0.05) is 71.4 Å². The zero-order chi connectivity index (χ0) is 18.4. The molecule has 3 rings (SSSR count). The van der Waals surface area contributed by atoms with Gasteiger partial charge >= 0.3 is 0 Å². The van der Waals surface area contributed by atoms with Gasteiger partial charge in [-0.2, -0.15) is 0 Å². The van der Waals surface area contributed by atoms with Crippen LogP contribution in [0.3, 0.4) is 0 Å². The van der Waals surface area contributed by atoms with E-state index in [9.17, 15) is 4.79 Å². The Balaban J connectivity index is 1.66. The molecule has 0 radical (unpaired) electrons. The van der Waals surface area contributed by atoms with Gasteiger partial charge in [0, 0.05) is 26.3 Å². The average Bonchev–Trinajstić information content (AvgIpc) is 2.64. The maximum atomic E-state index is 12.4. The van der Waals surface area contributed by atoms with Gasteiger partial charge in [0.05, 0.1) is 5.69 Å². The van der Waals surface area contributed by atoms with E-state index in [0.29, 0.717) is 22.9 Å². The van der Waals surface area contributed by atoms with Crippen molar-refractivity contribution in [2.75, 3.05) is 5.32 Å². The van der Waals surface area contributed by atoms with Gasteiger partial charge in [-0.25, -0.2) is 0 Å². The predicted molar refractivity (Wildman–Crippen MR) is 110 cm³/mol. The molecule has 0 heterocycles. The van der Waals surface area contributed by atoms with Gasteiger partial charge in [0.2, 0.25) is 5.91 Å². The van der Waals surface area contributed by atoms with Crippen molar-refractivity contribution in [2.24, 2.45) is 0 Å². The lowest BCUT2D eigenvalue weighted by molar-refractivity contribution is -0.116. The van der Waals surface area contributed by atoms with Crippen molar-refractivity contribution >= 4 is 46.6 Å². The highest BCUT2D eigenvalue weighted by molar-refractivity contribution is 7.99. The molecule has 132 valence electrons. The third kappa shape index (κ3) is 5.04. The Morgan fingerprint density at radius 1 is 0.846 bits per heavy atom. The summed E-state index contributed by atoms with van der Waals surface area (Å²) in [6.07, 6.45) is 0.812. The molecule has 0 unspecified atom stereocenters. The van der Waals surface area contributed by atoms with Crippen LogP contribution in [0.4, 0.5) is 5.69 Å². The third-order valence-corrected chi connectivity index (χ3v) is 5.59. The first kappa shape index (κ1) is 18.8. The van der Waals surface area contributed by atoms with E-state index in [1.54, 1.807) is 30.0 Å². The molecule has 5 heteroatoms. The highest BCUT2D eigenvalue weighted by Gasteiger charge is 2.11. The second-order valence-electron chi connectivity index (χ2n) is 5.66. The molecule has 3 aromatic rings. The smallest absolute Gasteiger partial charge is 0.224 e. The zero-order valence-electron chi connectivity index (χ0n) is 13.9. The average molecular weight is 402 g/mol. The molecule has 0 aliphatic heterocycles. The van der Waals surface area contributed by atoms with Crippen molar-refractivity contribution in [1.29, 1.82) is 0 Å². The molecule has 0 spiro atoms. The van der Waals surface area contributed by atoms with Gasteiger partial charge < -0.3 is 5.32 Å². The molecular formula is C21H17Cl2NOS. The topological polar surface area (TPSA) is 29.1 Å². The minimum Gasteiger partial charge on any atom is -0.325 e. The summed E-state index contributed by atoms with van der Waals surface area (Å²) in [6, 6.07) is 23.2. The number of rotatable bonds is 6. The number of benzene rings is 3. The van der Waals surface area contributed by atoms with E-state index in [1.807, 2.05) is 54.6 Å². The van der Waals surface area contributed by atoms with Crippen LogP contribution < -0.4 is 5.32 Å². The van der Waals surface area contributed by atoms with Crippen molar-refractivity contribution in [3.63, 3.8) is 0 Å². The van der Waals surface area contributed by atoms with Gasteiger partial charge in [0.15, 0.2) is 0 Å². The number of anilines is 1. The fraction of sp³-hybridized carbons (Fsp3) is 0.0952. The van der Waals surface area contributed by atoms with Crippen LogP contribution in [0.25, 0.3) is 0 Å². The first-order chi connectivity index (χ1) is 12.6. The summed E-state index contributed by atoms with van der Waals surface area (Å²) in [4.78, 5) is 14.5. The minimum atomic E-state index is -0.0675. The van der Waals surface area contributed by atoms with Crippen molar-refractivity contribution in [3.8, 4) is 0 Å². The lowest BCUT2D eigenvalue weighted by atomic mass is 10.1. The van der Waals surface area contributed by atoms with Crippen molar-refractivity contribution in [3.05, 3.63) is 88.4 Å². The van der Waals surface area contributed by atoms with Crippen LogP contribution in [0.15, 0.2) is 82.6 Å². The number of carbonyl (C=O) groups excluding carboxylic acids is 1. The van der Waals surface area contributed by atoms with Crippen LogP contribution in [-0.4, -0.2) is 5.91 Å². The Kier molecular flexibility index (Phi) is 6.62. The molecular weight excluding hydrogens is 385 g/mol. The van der Waals surface area contributed by atoms with Gasteiger partial charge in [-0.05, 0) is 48.4 Å². The number of hydrogen-bond acceptors (Lipinski definition) is 2. The van der Waals surface area contributed by atoms with Crippen LogP contribution in [0.5, 0.6) is 0 Å². The van der Waals surface area contributed by atoms with E-state index >= 15 is 0 Å². The van der Waals surface area contributed by atoms with Crippen molar-refractivity contribution in [2.45, 2.75) is 22.6 Å². The van der Waals surface area contributed by atoms with Crippen LogP contribution >= 0.6 is 35.0 Å². The summed E-state index contributed by atoms with van der Waals surface area (Å²) >= 11 is 14.0. The summed E-state index contributed by atoms with van der Waals surface area (Å²) in [7, 11) is 0. The molecule has 3 aromatic carbocycles.